The molecule has 0 aliphatic rings. The number of aromatic nitrogens is 1. The van der Waals surface area contributed by atoms with Crippen LogP contribution >= 0.6 is 0 Å². The van der Waals surface area contributed by atoms with Gasteiger partial charge in [0.25, 0.3) is 0 Å². The van der Waals surface area contributed by atoms with E-state index >= 15 is 0 Å². The van der Waals surface area contributed by atoms with Crippen molar-refractivity contribution in [1.29, 1.82) is 0 Å². The van der Waals surface area contributed by atoms with Gasteiger partial charge < -0.3 is 37.2 Å². The molecule has 1 rings (SSSR count). The Kier molecular flexibility index (Phi) is 20.5. The van der Waals surface area contributed by atoms with E-state index in [0.29, 0.717) is 12.1 Å². The molecule has 0 fully saturated rings. The van der Waals surface area contributed by atoms with Crippen molar-refractivity contribution in [2.45, 2.75) is 46.7 Å². The van der Waals surface area contributed by atoms with Crippen LogP contribution in [0.2, 0.25) is 0 Å². The Hall–Kier alpha value is -0.0556. The summed E-state index contributed by atoms with van der Waals surface area (Å²) in [5.41, 5.74) is 2.96. The molecule has 1 aromatic rings. The maximum atomic E-state index is 4.48. The van der Waals surface area contributed by atoms with Crippen molar-refractivity contribution in [3.63, 3.8) is 0 Å². The maximum absolute atomic E-state index is 4.48. The van der Waals surface area contributed by atoms with Crippen molar-refractivity contribution in [3.05, 3.63) is 29.1 Å². The monoisotopic (exact) mass is 387 g/mol. The molecule has 21 heavy (non-hydrogen) atoms. The maximum Gasteiger partial charge on any atom is 3.00 e. The average Bonchev–Trinajstić information content (AvgIpc) is 2.23. The molecule has 0 aromatic carbocycles. The van der Waals surface area contributed by atoms with E-state index in [0.717, 1.165) is 11.4 Å². The third kappa shape index (κ3) is 13.3. The van der Waals surface area contributed by atoms with Crippen LogP contribution in [-0.4, -0.2) is 29.5 Å². The van der Waals surface area contributed by atoms with Crippen LogP contribution in [0.15, 0.2) is 22.1 Å². The first-order valence-corrected chi connectivity index (χ1v) is 6.02. The van der Waals surface area contributed by atoms with Gasteiger partial charge in [-0.15, -0.1) is 0 Å². The number of aryl methyl sites for hydroxylation is 1. The molecule has 0 saturated heterocycles. The van der Waals surface area contributed by atoms with Crippen LogP contribution in [0.4, 0.5) is 0 Å². The van der Waals surface area contributed by atoms with E-state index in [4.69, 9.17) is 0 Å². The summed E-state index contributed by atoms with van der Waals surface area (Å²) in [6.45, 7) is 10.3. The third-order valence-electron chi connectivity index (χ3n) is 2.02. The molecule has 1 aromatic heterocycles. The second kappa shape index (κ2) is 14.9. The van der Waals surface area contributed by atoms with Gasteiger partial charge in [0.05, 0.1) is 11.4 Å². The number of aliphatic imine (C=N–C) groups is 2. The Bertz CT molecular complexity index is 399. The molecule has 0 bridgehead atoms. The van der Waals surface area contributed by atoms with Crippen molar-refractivity contribution in [2.75, 3.05) is 0 Å². The quantitative estimate of drug-likeness (QED) is 0.474. The van der Waals surface area contributed by atoms with Gasteiger partial charge in [-0.1, -0.05) is 0 Å². The minimum absolute atomic E-state index is 0. The number of nitrogens with zero attached hydrogens (tertiary/aromatic N) is 3. The summed E-state index contributed by atoms with van der Waals surface area (Å²) in [6, 6.07) is 4.65. The molecule has 0 amide bonds. The van der Waals surface area contributed by atoms with Crippen molar-refractivity contribution >= 4 is 12.4 Å². The molecule has 3 nitrogen and oxygen atoms in total. The third-order valence-corrected chi connectivity index (χ3v) is 2.02. The average molecular weight is 389 g/mol. The number of halogens is 3. The standard InChI is InChI=1S/C14H21N3.3ClH.V/c1-10(2)15-8-13-6-12(5)7-14(17-13)9-16-11(3)4;;;;/h6-11H,1-5H3;3*1H;/q;;;;+3/p-3. The summed E-state index contributed by atoms with van der Waals surface area (Å²) in [5.74, 6) is 0. The molecule has 0 unspecified atom stereocenters. The summed E-state index contributed by atoms with van der Waals surface area (Å²) < 4.78 is 0. The fourth-order valence-electron chi connectivity index (χ4n) is 1.30. The molecule has 0 aliphatic carbocycles. The van der Waals surface area contributed by atoms with Gasteiger partial charge in [-0.25, -0.2) is 4.98 Å². The zero-order valence-corrected chi connectivity index (χ0v) is 16.6. The number of rotatable bonds is 4. The summed E-state index contributed by atoms with van der Waals surface area (Å²) in [5, 5.41) is 0. The van der Waals surface area contributed by atoms with E-state index in [1.807, 2.05) is 52.3 Å². The molecular formula is C14H21Cl3N3V. The Morgan fingerprint density at radius 1 is 0.857 bits per heavy atom. The largest absolute Gasteiger partial charge is 3.00 e. The molecular weight excluding hydrogens is 367 g/mol. The first kappa shape index (κ1) is 29.0. The SMILES string of the molecule is Cc1cc(C=NC(C)C)nc(C=NC(C)C)c1.[Cl-].[Cl-].[Cl-].[V+3]. The fraction of sp³-hybridized carbons (Fsp3) is 0.500. The number of hydrogen-bond acceptors (Lipinski definition) is 3. The van der Waals surface area contributed by atoms with Crippen molar-refractivity contribution < 1.29 is 55.8 Å². The van der Waals surface area contributed by atoms with E-state index in [9.17, 15) is 0 Å². The number of hydrogen-bond donors (Lipinski definition) is 0. The van der Waals surface area contributed by atoms with Crippen molar-refractivity contribution in [3.8, 4) is 0 Å². The van der Waals surface area contributed by atoms with Gasteiger partial charge in [-0.2, -0.15) is 0 Å². The molecule has 0 radical (unpaired) electrons. The second-order valence-electron chi connectivity index (χ2n) is 4.74. The van der Waals surface area contributed by atoms with E-state index in [2.05, 4.69) is 21.9 Å². The first-order valence-electron chi connectivity index (χ1n) is 6.02. The van der Waals surface area contributed by atoms with Crippen LogP contribution in [0.1, 0.15) is 44.6 Å². The minimum atomic E-state index is 0. The second-order valence-corrected chi connectivity index (χ2v) is 4.74. The van der Waals surface area contributed by atoms with Crippen LogP contribution < -0.4 is 37.2 Å². The van der Waals surface area contributed by atoms with Crippen LogP contribution in [0.25, 0.3) is 0 Å². The van der Waals surface area contributed by atoms with E-state index in [-0.39, 0.29) is 55.8 Å². The summed E-state index contributed by atoms with van der Waals surface area (Å²) in [6.07, 6.45) is 3.65. The predicted octanol–water partition coefficient (Wildman–Crippen LogP) is -5.95. The molecule has 0 N–H and O–H groups in total. The normalized spacial score (nSPS) is 10.0. The zero-order chi connectivity index (χ0) is 12.8. The van der Waals surface area contributed by atoms with Crippen LogP contribution in [0.5, 0.6) is 0 Å². The fourth-order valence-corrected chi connectivity index (χ4v) is 1.30. The zero-order valence-electron chi connectivity index (χ0n) is 12.9. The molecule has 118 valence electrons. The van der Waals surface area contributed by atoms with E-state index < -0.39 is 0 Å². The van der Waals surface area contributed by atoms with E-state index in [1.165, 1.54) is 5.56 Å². The molecule has 7 heteroatoms. The van der Waals surface area contributed by atoms with Gasteiger partial charge in [0.2, 0.25) is 0 Å². The molecule has 0 atom stereocenters. The summed E-state index contributed by atoms with van der Waals surface area (Å²) >= 11 is 0. The van der Waals surface area contributed by atoms with Gasteiger partial charge in [0.15, 0.2) is 0 Å². The summed E-state index contributed by atoms with van der Waals surface area (Å²) in [7, 11) is 0. The Labute approximate surface area is 158 Å². The topological polar surface area (TPSA) is 37.6 Å². The van der Waals surface area contributed by atoms with Gasteiger partial charge in [0.1, 0.15) is 0 Å². The predicted molar refractivity (Wildman–Crippen MR) is 74.4 cm³/mol. The first-order chi connectivity index (χ1) is 7.97. The van der Waals surface area contributed by atoms with Gasteiger partial charge in [-0.3, -0.25) is 9.98 Å². The van der Waals surface area contributed by atoms with E-state index in [1.54, 1.807) is 0 Å². The summed E-state index contributed by atoms with van der Waals surface area (Å²) in [4.78, 5) is 13.2. The van der Waals surface area contributed by atoms with Crippen molar-refractivity contribution in [1.82, 2.24) is 4.98 Å². The van der Waals surface area contributed by atoms with Crippen LogP contribution in [0.3, 0.4) is 0 Å². The Balaban J connectivity index is -0.000000361. The Morgan fingerprint density at radius 2 is 1.19 bits per heavy atom. The molecule has 0 spiro atoms. The van der Waals surface area contributed by atoms with Crippen molar-refractivity contribution in [2.24, 2.45) is 9.98 Å². The van der Waals surface area contributed by atoms with Gasteiger partial charge in [0, 0.05) is 24.5 Å². The van der Waals surface area contributed by atoms with Crippen LogP contribution in [-0.2, 0) is 18.6 Å². The van der Waals surface area contributed by atoms with Gasteiger partial charge in [-0.05, 0) is 52.3 Å². The minimum Gasteiger partial charge on any atom is -1.00 e. The molecule has 0 saturated carbocycles. The Morgan fingerprint density at radius 3 is 1.48 bits per heavy atom. The number of pyridine rings is 1. The smallest absolute Gasteiger partial charge is 1.00 e. The van der Waals surface area contributed by atoms with Crippen LogP contribution in [0, 0.1) is 6.92 Å². The van der Waals surface area contributed by atoms with Gasteiger partial charge >= 0.3 is 18.6 Å². The molecule has 1 heterocycles. The molecule has 0 aliphatic heterocycles.